The van der Waals surface area contributed by atoms with Crippen LogP contribution in [-0.4, -0.2) is 90.2 Å². The molecule has 3 aliphatic heterocycles. The largest absolute Gasteiger partial charge is 0.388 e. The molecule has 3 saturated heterocycles. The molecule has 8 rings (SSSR count). The molecule has 50 heavy (non-hydrogen) atoms. The molecule has 12 atom stereocenters. The van der Waals surface area contributed by atoms with E-state index in [0.717, 1.165) is 57.7 Å². The van der Waals surface area contributed by atoms with E-state index in [4.69, 9.17) is 18.9 Å². The number of nitrogens with zero attached hydrogens (tertiary/aromatic N) is 1. The lowest BCUT2D eigenvalue weighted by Crippen LogP contribution is -2.56. The standard InChI is InChI=1S/C39H63NO7.C2H6.H2S/c1-35(2)30-9-7-25-27-21-29-26(6-8-28(46-29)34(42)36(3,4)43)37(27,5)14-15-38(25)23-39(30,38)13-10-31(35)47-33-22-40(16-19-45-33)32(41)20-24-11-17-44-18-12-24;1-2;/h24-31,33-34,42-43H,6-23H2,1-5H3;1-2H3;1H2/t25?,26?,27?,28?,29?,30?,31-,33?,34-,37?,38-,39+;;/m0../s1. The van der Waals surface area contributed by atoms with Gasteiger partial charge in [0.2, 0.25) is 5.91 Å². The Hall–Kier alpha value is -0.420. The fourth-order valence-electron chi connectivity index (χ4n) is 13.6. The number of hydrogen-bond donors (Lipinski definition) is 2. The Labute approximate surface area is 309 Å². The van der Waals surface area contributed by atoms with Crippen LogP contribution in [0.15, 0.2) is 0 Å². The maximum atomic E-state index is 13.2. The van der Waals surface area contributed by atoms with Crippen molar-refractivity contribution in [2.45, 2.75) is 168 Å². The summed E-state index contributed by atoms with van der Waals surface area (Å²) >= 11 is 0. The van der Waals surface area contributed by atoms with Crippen molar-refractivity contribution in [3.05, 3.63) is 0 Å². The van der Waals surface area contributed by atoms with Gasteiger partial charge in [-0.3, -0.25) is 4.79 Å². The van der Waals surface area contributed by atoms with Crippen LogP contribution in [0.4, 0.5) is 0 Å². The van der Waals surface area contributed by atoms with Crippen molar-refractivity contribution in [3.63, 3.8) is 0 Å². The normalized spacial score (nSPS) is 45.6. The molecule has 8 unspecified atom stereocenters. The van der Waals surface area contributed by atoms with Crippen molar-refractivity contribution in [2.24, 2.45) is 51.2 Å². The van der Waals surface area contributed by atoms with Crippen LogP contribution in [0.1, 0.15) is 132 Å². The first-order valence-corrected chi connectivity index (χ1v) is 20.5. The molecular formula is C41H71NO7S. The van der Waals surface area contributed by atoms with E-state index in [2.05, 4.69) is 20.8 Å². The van der Waals surface area contributed by atoms with Gasteiger partial charge in [0, 0.05) is 26.2 Å². The van der Waals surface area contributed by atoms with Gasteiger partial charge in [0.15, 0.2) is 6.29 Å². The maximum Gasteiger partial charge on any atom is 0.223 e. The van der Waals surface area contributed by atoms with Crippen LogP contribution in [0.25, 0.3) is 0 Å². The summed E-state index contributed by atoms with van der Waals surface area (Å²) in [5, 5.41) is 21.4. The Morgan fingerprint density at radius 3 is 2.36 bits per heavy atom. The van der Waals surface area contributed by atoms with E-state index in [1.165, 1.54) is 38.5 Å². The second-order valence-electron chi connectivity index (χ2n) is 19.0. The van der Waals surface area contributed by atoms with Gasteiger partial charge in [-0.05, 0) is 142 Å². The Kier molecular flexibility index (Phi) is 11.3. The van der Waals surface area contributed by atoms with E-state index in [1.807, 2.05) is 18.7 Å². The SMILES string of the molecule is CC.CC12CC[C@@]34C[C@@]35CC[C@H](OC3CN(C(=O)CC6CCOCC6)CCO3)C(C)(C)C5CCC4C1CC1OC([C@H](O)C(C)(C)O)CCC12.S. The molecule has 2 N–H and O–H groups in total. The highest BCUT2D eigenvalue weighted by molar-refractivity contribution is 7.59. The van der Waals surface area contributed by atoms with Gasteiger partial charge in [0.05, 0.1) is 37.1 Å². The molecule has 5 saturated carbocycles. The third kappa shape index (κ3) is 6.34. The monoisotopic (exact) mass is 721 g/mol. The summed E-state index contributed by atoms with van der Waals surface area (Å²) in [6.07, 6.45) is 13.6. The number of hydrogen-bond acceptors (Lipinski definition) is 7. The maximum absolute atomic E-state index is 13.2. The van der Waals surface area contributed by atoms with Crippen molar-refractivity contribution in [1.29, 1.82) is 0 Å². The minimum absolute atomic E-state index is 0. The lowest BCUT2D eigenvalue weighted by atomic mass is 9.46. The fourth-order valence-corrected chi connectivity index (χ4v) is 13.6. The van der Waals surface area contributed by atoms with Crippen molar-refractivity contribution in [3.8, 4) is 0 Å². The number of rotatable bonds is 6. The summed E-state index contributed by atoms with van der Waals surface area (Å²) in [6, 6.07) is 0. The first kappa shape index (κ1) is 39.3. The molecule has 8 fully saturated rings. The number of aliphatic hydroxyl groups is 2. The molecule has 0 aromatic heterocycles. The average Bonchev–Trinajstić information content (AvgIpc) is 3.66. The number of ether oxygens (including phenoxy) is 4. The first-order valence-electron chi connectivity index (χ1n) is 20.5. The highest BCUT2D eigenvalue weighted by Crippen LogP contribution is 2.87. The van der Waals surface area contributed by atoms with Crippen LogP contribution in [0.3, 0.4) is 0 Å². The van der Waals surface area contributed by atoms with E-state index in [1.54, 1.807) is 13.8 Å². The zero-order valence-electron chi connectivity index (χ0n) is 32.4. The van der Waals surface area contributed by atoms with Crippen LogP contribution >= 0.6 is 13.5 Å². The zero-order valence-corrected chi connectivity index (χ0v) is 33.4. The Balaban J connectivity index is 0.00000142. The first-order chi connectivity index (χ1) is 23.3. The van der Waals surface area contributed by atoms with Gasteiger partial charge in [-0.15, -0.1) is 0 Å². The van der Waals surface area contributed by atoms with Gasteiger partial charge >= 0.3 is 0 Å². The lowest BCUT2D eigenvalue weighted by Gasteiger charge is -2.60. The van der Waals surface area contributed by atoms with Gasteiger partial charge in [0.25, 0.3) is 0 Å². The molecule has 0 radical (unpaired) electrons. The topological polar surface area (TPSA) is 97.7 Å². The van der Waals surface area contributed by atoms with Crippen LogP contribution in [0.2, 0.25) is 0 Å². The van der Waals surface area contributed by atoms with Crippen molar-refractivity contribution in [1.82, 2.24) is 4.90 Å². The van der Waals surface area contributed by atoms with Crippen LogP contribution in [-0.2, 0) is 23.7 Å². The zero-order chi connectivity index (χ0) is 35.0. The number of carbonyl (C=O) groups excluding carboxylic acids is 1. The lowest BCUT2D eigenvalue weighted by molar-refractivity contribution is -0.244. The summed E-state index contributed by atoms with van der Waals surface area (Å²) in [6.45, 7) is 18.3. The number of aliphatic hydroxyl groups excluding tert-OH is 1. The summed E-state index contributed by atoms with van der Waals surface area (Å²) in [5.41, 5.74) is 0.155. The summed E-state index contributed by atoms with van der Waals surface area (Å²) < 4.78 is 25.2. The number of morpholine rings is 1. The van der Waals surface area contributed by atoms with Gasteiger partial charge < -0.3 is 34.1 Å². The van der Waals surface area contributed by atoms with E-state index >= 15 is 0 Å². The average molecular weight is 722 g/mol. The summed E-state index contributed by atoms with van der Waals surface area (Å²) in [5.74, 6) is 3.39. The van der Waals surface area contributed by atoms with Gasteiger partial charge in [-0.1, -0.05) is 34.6 Å². The molecule has 5 aliphatic carbocycles. The van der Waals surface area contributed by atoms with Crippen LogP contribution < -0.4 is 0 Å². The number of carbonyl (C=O) groups is 1. The second kappa shape index (κ2) is 14.3. The molecule has 3 heterocycles. The summed E-state index contributed by atoms with van der Waals surface area (Å²) in [4.78, 5) is 15.2. The minimum atomic E-state index is -1.14. The van der Waals surface area contributed by atoms with E-state index < -0.39 is 11.7 Å². The van der Waals surface area contributed by atoms with Crippen molar-refractivity contribution >= 4 is 19.4 Å². The van der Waals surface area contributed by atoms with E-state index in [0.29, 0.717) is 66.0 Å². The number of fused-ring (bicyclic) bond motifs is 4. The van der Waals surface area contributed by atoms with Crippen molar-refractivity contribution < 1.29 is 34.0 Å². The molecule has 8 aliphatic rings. The predicted octanol–water partition coefficient (Wildman–Crippen LogP) is 6.85. The summed E-state index contributed by atoms with van der Waals surface area (Å²) in [7, 11) is 0. The third-order valence-corrected chi connectivity index (χ3v) is 16.1. The van der Waals surface area contributed by atoms with Gasteiger partial charge in [-0.25, -0.2) is 0 Å². The smallest absolute Gasteiger partial charge is 0.223 e. The predicted molar refractivity (Wildman–Crippen MR) is 199 cm³/mol. The van der Waals surface area contributed by atoms with E-state index in [-0.39, 0.29) is 49.4 Å². The number of amides is 1. The minimum Gasteiger partial charge on any atom is -0.388 e. The second-order valence-corrected chi connectivity index (χ2v) is 19.0. The van der Waals surface area contributed by atoms with Gasteiger partial charge in [-0.2, -0.15) is 13.5 Å². The Bertz CT molecular complexity index is 1200. The molecule has 0 aromatic carbocycles. The molecule has 2 spiro atoms. The van der Waals surface area contributed by atoms with E-state index in [9.17, 15) is 15.0 Å². The van der Waals surface area contributed by atoms with Gasteiger partial charge in [0.1, 0.15) is 6.10 Å². The molecular weight excluding hydrogens is 651 g/mol. The molecule has 1 amide bonds. The third-order valence-electron chi connectivity index (χ3n) is 16.1. The molecule has 9 heteroatoms. The molecule has 0 aromatic rings. The highest BCUT2D eigenvalue weighted by atomic mass is 32.1. The van der Waals surface area contributed by atoms with Crippen LogP contribution in [0, 0.1) is 51.2 Å². The molecule has 0 bridgehead atoms. The Morgan fingerprint density at radius 2 is 1.64 bits per heavy atom. The Morgan fingerprint density at radius 1 is 0.920 bits per heavy atom. The molecule has 8 nitrogen and oxygen atoms in total. The van der Waals surface area contributed by atoms with Crippen molar-refractivity contribution in [2.75, 3.05) is 32.9 Å². The fraction of sp³-hybridized carbons (Fsp3) is 0.976. The quantitative estimate of drug-likeness (QED) is 0.310. The highest BCUT2D eigenvalue weighted by Gasteiger charge is 2.80. The van der Waals surface area contributed by atoms with Crippen LogP contribution in [0.5, 0.6) is 0 Å². The molecule has 288 valence electrons.